The Hall–Kier alpha value is -3.28. The zero-order valence-electron chi connectivity index (χ0n) is 18.9. The molecule has 0 bridgehead atoms. The van der Waals surface area contributed by atoms with Crippen LogP contribution in [0.25, 0.3) is 0 Å². The molecular formula is C27H23IO8. The predicted octanol–water partition coefficient (Wildman–Crippen LogP) is 3.82. The highest BCUT2D eigenvalue weighted by Gasteiger charge is 2.51. The molecular weight excluding hydrogens is 579 g/mol. The molecule has 186 valence electrons. The number of carbonyl (C=O) groups is 3. The van der Waals surface area contributed by atoms with Crippen molar-refractivity contribution in [1.82, 2.24) is 0 Å². The maximum atomic E-state index is 13.0. The van der Waals surface area contributed by atoms with Crippen LogP contribution in [0.3, 0.4) is 0 Å². The topological polar surface area (TPSA) is 108 Å². The van der Waals surface area contributed by atoms with Gasteiger partial charge in [0.25, 0.3) is 0 Å². The van der Waals surface area contributed by atoms with Crippen molar-refractivity contribution >= 4 is 40.5 Å². The Morgan fingerprint density at radius 1 is 0.639 bits per heavy atom. The molecule has 1 aliphatic heterocycles. The monoisotopic (exact) mass is 602 g/mol. The van der Waals surface area contributed by atoms with Gasteiger partial charge in [-0.2, -0.15) is 0 Å². The first-order valence-electron chi connectivity index (χ1n) is 11.2. The number of ether oxygens (including phenoxy) is 4. The molecule has 1 aliphatic rings. The van der Waals surface area contributed by atoms with Crippen molar-refractivity contribution in [1.29, 1.82) is 0 Å². The Balaban J connectivity index is 1.66. The average Bonchev–Trinajstić information content (AvgIpc) is 2.93. The van der Waals surface area contributed by atoms with Gasteiger partial charge in [0.2, 0.25) is 0 Å². The molecule has 1 heterocycles. The first-order chi connectivity index (χ1) is 17.5. The quantitative estimate of drug-likeness (QED) is 0.188. The number of alkyl halides is 1. The number of rotatable bonds is 7. The van der Waals surface area contributed by atoms with Crippen LogP contribution in [-0.4, -0.2) is 58.1 Å². The van der Waals surface area contributed by atoms with Crippen molar-refractivity contribution in [3.05, 3.63) is 108 Å². The average molecular weight is 602 g/mol. The predicted molar refractivity (Wildman–Crippen MR) is 137 cm³/mol. The van der Waals surface area contributed by atoms with Crippen molar-refractivity contribution in [2.45, 2.75) is 30.7 Å². The zero-order valence-corrected chi connectivity index (χ0v) is 21.1. The number of aliphatic hydroxyl groups is 1. The zero-order chi connectivity index (χ0) is 25.5. The van der Waals surface area contributed by atoms with E-state index in [-0.39, 0.29) is 16.7 Å². The molecule has 8 nitrogen and oxygen atoms in total. The molecule has 0 saturated carbocycles. The highest BCUT2D eigenvalue weighted by Crippen LogP contribution is 2.30. The second-order valence-electron chi connectivity index (χ2n) is 7.93. The summed E-state index contributed by atoms with van der Waals surface area (Å²) in [6.07, 6.45) is -6.44. The van der Waals surface area contributed by atoms with Crippen molar-refractivity contribution in [3.63, 3.8) is 0 Å². The van der Waals surface area contributed by atoms with E-state index in [4.69, 9.17) is 18.9 Å². The van der Waals surface area contributed by atoms with E-state index >= 15 is 0 Å². The summed E-state index contributed by atoms with van der Waals surface area (Å²) in [5, 5.41) is 10.8. The van der Waals surface area contributed by atoms with Gasteiger partial charge in [0.05, 0.1) is 16.7 Å². The molecule has 3 aromatic rings. The summed E-state index contributed by atoms with van der Waals surface area (Å²) in [7, 11) is 0. The van der Waals surface area contributed by atoms with E-state index in [1.807, 2.05) is 22.6 Å². The second-order valence-corrected chi connectivity index (χ2v) is 8.81. The molecule has 3 aromatic carbocycles. The summed E-state index contributed by atoms with van der Waals surface area (Å²) in [6.45, 7) is 0. The van der Waals surface area contributed by atoms with Crippen LogP contribution in [0.15, 0.2) is 91.0 Å². The Kier molecular flexibility index (Phi) is 8.68. The van der Waals surface area contributed by atoms with Gasteiger partial charge in [-0.25, -0.2) is 14.4 Å². The van der Waals surface area contributed by atoms with Crippen LogP contribution >= 0.6 is 22.6 Å². The van der Waals surface area contributed by atoms with E-state index in [2.05, 4.69) is 0 Å². The van der Waals surface area contributed by atoms with E-state index in [9.17, 15) is 19.5 Å². The molecule has 1 fully saturated rings. The standard InChI is InChI=1S/C27H23IO8/c28-16-20-21(34-24(29)17-10-4-1-5-11-17)22(35-25(30)18-12-6-2-7-13-18)23(27(32)33-20)36-26(31)19-14-8-3-9-15-19/h1-15,20-23,27,32H,16H2/t20-,21+,22+,23+,27-/m0/s1. The van der Waals surface area contributed by atoms with Crippen LogP contribution < -0.4 is 0 Å². The van der Waals surface area contributed by atoms with E-state index in [1.165, 1.54) is 0 Å². The van der Waals surface area contributed by atoms with E-state index in [0.29, 0.717) is 4.43 Å². The Morgan fingerprint density at radius 3 is 1.39 bits per heavy atom. The number of hydrogen-bond acceptors (Lipinski definition) is 8. The number of esters is 3. The van der Waals surface area contributed by atoms with Gasteiger partial charge in [-0.3, -0.25) is 0 Å². The first kappa shape index (κ1) is 25.8. The van der Waals surface area contributed by atoms with Crippen molar-refractivity contribution in [3.8, 4) is 0 Å². The fourth-order valence-electron chi connectivity index (χ4n) is 3.72. The van der Waals surface area contributed by atoms with E-state index < -0.39 is 48.6 Å². The highest BCUT2D eigenvalue weighted by molar-refractivity contribution is 14.1. The molecule has 1 N–H and O–H groups in total. The van der Waals surface area contributed by atoms with Crippen LogP contribution in [0, 0.1) is 0 Å². The minimum absolute atomic E-state index is 0.228. The molecule has 0 radical (unpaired) electrons. The number of aliphatic hydroxyl groups excluding tert-OH is 1. The van der Waals surface area contributed by atoms with Crippen LogP contribution in [0.4, 0.5) is 0 Å². The number of benzene rings is 3. The van der Waals surface area contributed by atoms with Crippen LogP contribution in [0.1, 0.15) is 31.1 Å². The van der Waals surface area contributed by atoms with Gasteiger partial charge in [-0.05, 0) is 36.4 Å². The molecule has 0 aromatic heterocycles. The lowest BCUT2D eigenvalue weighted by atomic mass is 9.98. The summed E-state index contributed by atoms with van der Waals surface area (Å²) in [5.41, 5.74) is 0.749. The van der Waals surface area contributed by atoms with E-state index in [1.54, 1.807) is 91.0 Å². The molecule has 0 unspecified atom stereocenters. The maximum Gasteiger partial charge on any atom is 0.338 e. The molecule has 0 aliphatic carbocycles. The third-order valence-corrected chi connectivity index (χ3v) is 6.39. The van der Waals surface area contributed by atoms with Gasteiger partial charge in [0, 0.05) is 4.43 Å². The summed E-state index contributed by atoms with van der Waals surface area (Å²) in [5.74, 6) is -2.17. The summed E-state index contributed by atoms with van der Waals surface area (Å²) >= 11 is 2.01. The van der Waals surface area contributed by atoms with Crippen LogP contribution in [0.2, 0.25) is 0 Å². The fraction of sp³-hybridized carbons (Fsp3) is 0.222. The maximum absolute atomic E-state index is 13.0. The molecule has 9 heteroatoms. The normalized spacial score (nSPS) is 23.3. The number of hydrogen-bond donors (Lipinski definition) is 1. The largest absolute Gasteiger partial charge is 0.452 e. The Morgan fingerprint density at radius 2 is 1.00 bits per heavy atom. The smallest absolute Gasteiger partial charge is 0.338 e. The number of carbonyl (C=O) groups excluding carboxylic acids is 3. The lowest BCUT2D eigenvalue weighted by Crippen LogP contribution is -2.62. The summed E-state index contributed by atoms with van der Waals surface area (Å²) in [6, 6.07) is 24.6. The van der Waals surface area contributed by atoms with Gasteiger partial charge < -0.3 is 24.1 Å². The van der Waals surface area contributed by atoms with E-state index in [0.717, 1.165) is 0 Å². The lowest BCUT2D eigenvalue weighted by molar-refractivity contribution is -0.274. The van der Waals surface area contributed by atoms with Gasteiger partial charge in [-0.15, -0.1) is 0 Å². The third kappa shape index (κ3) is 6.10. The minimum atomic E-state index is -1.63. The highest BCUT2D eigenvalue weighted by atomic mass is 127. The lowest BCUT2D eigenvalue weighted by Gasteiger charge is -2.42. The van der Waals surface area contributed by atoms with Crippen LogP contribution in [-0.2, 0) is 18.9 Å². The first-order valence-corrected chi connectivity index (χ1v) is 12.7. The molecule has 1 saturated heterocycles. The third-order valence-electron chi connectivity index (χ3n) is 5.52. The molecule has 0 spiro atoms. The van der Waals surface area contributed by atoms with Gasteiger partial charge >= 0.3 is 17.9 Å². The van der Waals surface area contributed by atoms with Gasteiger partial charge in [-0.1, -0.05) is 77.2 Å². The van der Waals surface area contributed by atoms with Crippen LogP contribution in [0.5, 0.6) is 0 Å². The summed E-state index contributed by atoms with van der Waals surface area (Å²) in [4.78, 5) is 38.7. The summed E-state index contributed by atoms with van der Waals surface area (Å²) < 4.78 is 23.0. The van der Waals surface area contributed by atoms with Gasteiger partial charge in [0.15, 0.2) is 24.6 Å². The van der Waals surface area contributed by atoms with Crippen molar-refractivity contribution in [2.75, 3.05) is 4.43 Å². The minimum Gasteiger partial charge on any atom is -0.452 e. The van der Waals surface area contributed by atoms with Gasteiger partial charge in [0.1, 0.15) is 6.10 Å². The molecule has 5 atom stereocenters. The second kappa shape index (κ2) is 12.1. The molecule has 0 amide bonds. The SMILES string of the molecule is O=C(O[C@H]1[C@@H](OC(=O)c2ccccc2)[C@@H](O)O[C@@H](CI)[C@H]1OC(=O)c1ccccc1)c1ccccc1. The fourth-order valence-corrected chi connectivity index (χ4v) is 4.43. The Labute approximate surface area is 221 Å². The number of halogens is 1. The molecule has 4 rings (SSSR count). The van der Waals surface area contributed by atoms with Crippen molar-refractivity contribution in [2.24, 2.45) is 0 Å². The van der Waals surface area contributed by atoms with Crippen molar-refractivity contribution < 1.29 is 38.4 Å². The Bertz CT molecular complexity index is 1170. The molecule has 36 heavy (non-hydrogen) atoms.